The summed E-state index contributed by atoms with van der Waals surface area (Å²) in [5, 5.41) is 10.5. The molecule has 0 bridgehead atoms. The van der Waals surface area contributed by atoms with Gasteiger partial charge in [0, 0.05) is 22.3 Å². The molecule has 2 saturated heterocycles. The number of benzene rings is 2. The van der Waals surface area contributed by atoms with Gasteiger partial charge in [0.25, 0.3) is 12.9 Å². The third-order valence-electron chi connectivity index (χ3n) is 5.77. The van der Waals surface area contributed by atoms with Crippen LogP contribution in [0.1, 0.15) is 54.5 Å². The SMILES string of the molecule is CC(O)C12COC(c3ccccc3C(F)F)N1C(c1ccccc1C(F)F)OC2. The van der Waals surface area contributed by atoms with Crippen molar-refractivity contribution in [2.24, 2.45) is 0 Å². The fourth-order valence-electron chi connectivity index (χ4n) is 4.19. The second-order valence-corrected chi connectivity index (χ2v) is 7.37. The van der Waals surface area contributed by atoms with Gasteiger partial charge < -0.3 is 14.6 Å². The molecule has 0 aromatic heterocycles. The Hall–Kier alpha value is -2.00. The minimum Gasteiger partial charge on any atom is -0.391 e. The quantitative estimate of drug-likeness (QED) is 0.722. The largest absolute Gasteiger partial charge is 0.391 e. The van der Waals surface area contributed by atoms with Crippen molar-refractivity contribution in [1.29, 1.82) is 0 Å². The first-order chi connectivity index (χ1) is 13.9. The van der Waals surface area contributed by atoms with E-state index in [-0.39, 0.29) is 35.5 Å². The Morgan fingerprint density at radius 1 is 0.862 bits per heavy atom. The van der Waals surface area contributed by atoms with Gasteiger partial charge in [0.1, 0.15) is 12.5 Å². The van der Waals surface area contributed by atoms with E-state index in [9.17, 15) is 22.7 Å². The molecule has 0 saturated carbocycles. The molecule has 2 fully saturated rings. The Morgan fingerprint density at radius 3 is 1.66 bits per heavy atom. The lowest BCUT2D eigenvalue weighted by molar-refractivity contribution is -0.0679. The molecule has 2 aliphatic rings. The lowest BCUT2D eigenvalue weighted by Crippen LogP contribution is -2.52. The molecule has 156 valence electrons. The van der Waals surface area contributed by atoms with E-state index in [0.717, 1.165) is 0 Å². The van der Waals surface area contributed by atoms with Gasteiger partial charge in [-0.15, -0.1) is 0 Å². The van der Waals surface area contributed by atoms with Gasteiger partial charge in [0.2, 0.25) is 0 Å². The zero-order valence-electron chi connectivity index (χ0n) is 15.6. The molecule has 0 aliphatic carbocycles. The first kappa shape index (κ1) is 20.3. The third kappa shape index (κ3) is 3.24. The Bertz CT molecular complexity index is 813. The normalized spacial score (nSPS) is 28.3. The van der Waals surface area contributed by atoms with Crippen LogP contribution in [0.2, 0.25) is 0 Å². The van der Waals surface area contributed by atoms with Gasteiger partial charge in [-0.05, 0) is 6.92 Å². The van der Waals surface area contributed by atoms with Gasteiger partial charge in [-0.1, -0.05) is 48.5 Å². The number of aliphatic hydroxyl groups is 1. The molecule has 3 unspecified atom stereocenters. The maximum atomic E-state index is 13.6. The summed E-state index contributed by atoms with van der Waals surface area (Å²) in [7, 11) is 0. The lowest BCUT2D eigenvalue weighted by Gasteiger charge is -2.36. The monoisotopic (exact) mass is 411 g/mol. The second-order valence-electron chi connectivity index (χ2n) is 7.37. The van der Waals surface area contributed by atoms with Crippen LogP contribution in [0, 0.1) is 0 Å². The molecule has 0 amide bonds. The van der Waals surface area contributed by atoms with Crippen molar-refractivity contribution < 1.29 is 32.1 Å². The van der Waals surface area contributed by atoms with Crippen molar-refractivity contribution in [2.75, 3.05) is 13.2 Å². The fourth-order valence-corrected chi connectivity index (χ4v) is 4.19. The van der Waals surface area contributed by atoms with Crippen LogP contribution in [0.4, 0.5) is 17.6 Å². The number of alkyl halides is 4. The van der Waals surface area contributed by atoms with Crippen LogP contribution < -0.4 is 0 Å². The van der Waals surface area contributed by atoms with Crippen LogP contribution >= 0.6 is 0 Å². The van der Waals surface area contributed by atoms with Gasteiger partial charge in [-0.2, -0.15) is 0 Å². The van der Waals surface area contributed by atoms with E-state index in [1.54, 1.807) is 24.0 Å². The highest BCUT2D eigenvalue weighted by Gasteiger charge is 2.59. The fraction of sp³-hybridized carbons (Fsp3) is 0.429. The molecule has 1 N–H and O–H groups in total. The predicted molar refractivity (Wildman–Crippen MR) is 96.4 cm³/mol. The van der Waals surface area contributed by atoms with Crippen molar-refractivity contribution in [3.05, 3.63) is 70.8 Å². The summed E-state index contributed by atoms with van der Waals surface area (Å²) in [5.41, 5.74) is -0.969. The van der Waals surface area contributed by atoms with Gasteiger partial charge in [-0.25, -0.2) is 22.5 Å². The topological polar surface area (TPSA) is 41.9 Å². The van der Waals surface area contributed by atoms with E-state index in [2.05, 4.69) is 0 Å². The first-order valence-electron chi connectivity index (χ1n) is 9.30. The predicted octanol–water partition coefficient (Wildman–Crippen LogP) is 4.74. The first-order valence-corrected chi connectivity index (χ1v) is 9.30. The number of hydrogen-bond donors (Lipinski definition) is 1. The zero-order valence-corrected chi connectivity index (χ0v) is 15.6. The minimum absolute atomic E-state index is 0.0280. The number of halogens is 4. The maximum absolute atomic E-state index is 13.6. The molecule has 4 nitrogen and oxygen atoms in total. The Balaban J connectivity index is 1.83. The van der Waals surface area contributed by atoms with Crippen LogP contribution in [-0.4, -0.2) is 34.9 Å². The summed E-state index contributed by atoms with van der Waals surface area (Å²) in [4.78, 5) is 1.63. The van der Waals surface area contributed by atoms with Crippen LogP contribution in [0.15, 0.2) is 48.5 Å². The average molecular weight is 411 g/mol. The van der Waals surface area contributed by atoms with Crippen molar-refractivity contribution in [3.63, 3.8) is 0 Å². The number of rotatable bonds is 5. The Labute approximate surface area is 165 Å². The standard InChI is InChI=1S/C21H21F4NO3/c1-12(27)21-10-28-19(15-8-4-2-6-13(15)17(22)23)26(21)20(29-11-21)16-9-5-3-7-14(16)18(24)25/h2-9,12,17-20,27H,10-11H2,1H3. The second kappa shape index (κ2) is 7.68. The summed E-state index contributed by atoms with van der Waals surface area (Å²) in [5.74, 6) is 0. The smallest absolute Gasteiger partial charge is 0.264 e. The van der Waals surface area contributed by atoms with Gasteiger partial charge in [0.15, 0.2) is 0 Å². The maximum Gasteiger partial charge on any atom is 0.264 e. The van der Waals surface area contributed by atoms with Crippen molar-refractivity contribution in [1.82, 2.24) is 4.90 Å². The number of hydrogen-bond acceptors (Lipinski definition) is 4. The minimum atomic E-state index is -2.73. The molecule has 8 heteroatoms. The zero-order chi connectivity index (χ0) is 20.8. The van der Waals surface area contributed by atoms with Gasteiger partial charge >= 0.3 is 0 Å². The molecule has 0 radical (unpaired) electrons. The van der Waals surface area contributed by atoms with Crippen molar-refractivity contribution in [3.8, 4) is 0 Å². The molecule has 3 atom stereocenters. The Kier molecular flexibility index (Phi) is 5.37. The molecular formula is C21H21F4NO3. The van der Waals surface area contributed by atoms with Crippen LogP contribution in [-0.2, 0) is 9.47 Å². The summed E-state index contributed by atoms with van der Waals surface area (Å²) in [6.45, 7) is 1.61. The molecule has 2 aliphatic heterocycles. The third-order valence-corrected chi connectivity index (χ3v) is 5.77. The Morgan fingerprint density at radius 2 is 1.28 bits per heavy atom. The number of nitrogens with zero attached hydrogens (tertiary/aromatic N) is 1. The lowest BCUT2D eigenvalue weighted by atomic mass is 9.93. The number of fused-ring (bicyclic) bond motifs is 1. The van der Waals surface area contributed by atoms with Gasteiger partial charge in [-0.3, -0.25) is 0 Å². The van der Waals surface area contributed by atoms with Gasteiger partial charge in [0.05, 0.1) is 24.9 Å². The molecule has 29 heavy (non-hydrogen) atoms. The van der Waals surface area contributed by atoms with E-state index in [4.69, 9.17) is 9.47 Å². The summed E-state index contributed by atoms with van der Waals surface area (Å²) in [6.07, 6.45) is -8.32. The highest BCUT2D eigenvalue weighted by Crippen LogP contribution is 2.52. The van der Waals surface area contributed by atoms with Crippen molar-refractivity contribution in [2.45, 2.75) is 43.9 Å². The van der Waals surface area contributed by atoms with Crippen LogP contribution in [0.5, 0.6) is 0 Å². The average Bonchev–Trinajstić information content (AvgIpc) is 3.26. The number of aliphatic hydroxyl groups excluding tert-OH is 1. The number of ether oxygens (including phenoxy) is 2. The molecule has 2 aromatic carbocycles. The van der Waals surface area contributed by atoms with Crippen LogP contribution in [0.3, 0.4) is 0 Å². The molecule has 0 spiro atoms. The molecule has 2 heterocycles. The summed E-state index contributed by atoms with van der Waals surface area (Å²) >= 11 is 0. The van der Waals surface area contributed by atoms with E-state index >= 15 is 0 Å². The van der Waals surface area contributed by atoms with E-state index in [1.165, 1.54) is 36.4 Å². The highest BCUT2D eigenvalue weighted by molar-refractivity contribution is 5.35. The molecule has 2 aromatic rings. The molecular weight excluding hydrogens is 390 g/mol. The summed E-state index contributed by atoms with van der Waals surface area (Å²) in [6, 6.07) is 11.9. The van der Waals surface area contributed by atoms with Crippen LogP contribution in [0.25, 0.3) is 0 Å². The highest BCUT2D eigenvalue weighted by atomic mass is 19.3. The molecule has 4 rings (SSSR count). The van der Waals surface area contributed by atoms with E-state index in [1.807, 2.05) is 0 Å². The summed E-state index contributed by atoms with van der Waals surface area (Å²) < 4.78 is 66.2. The van der Waals surface area contributed by atoms with Crippen molar-refractivity contribution >= 4 is 0 Å². The van der Waals surface area contributed by atoms with E-state index in [0.29, 0.717) is 0 Å². The van der Waals surface area contributed by atoms with E-state index < -0.39 is 36.9 Å².